The zero-order chi connectivity index (χ0) is 14.7. The van der Waals surface area contributed by atoms with Crippen LogP contribution < -0.4 is 5.32 Å². The molecule has 2 unspecified atom stereocenters. The highest BCUT2D eigenvalue weighted by Crippen LogP contribution is 2.31. The summed E-state index contributed by atoms with van der Waals surface area (Å²) in [5.41, 5.74) is 4.01. The number of halogens is 1. The van der Waals surface area contributed by atoms with Crippen molar-refractivity contribution >= 4 is 15.9 Å². The highest BCUT2D eigenvalue weighted by Gasteiger charge is 2.23. The number of rotatable bonds is 4. The van der Waals surface area contributed by atoms with E-state index in [1.165, 1.54) is 29.7 Å². The second-order valence-corrected chi connectivity index (χ2v) is 6.59. The van der Waals surface area contributed by atoms with Crippen LogP contribution in [0.15, 0.2) is 47.1 Å². The molecule has 0 spiro atoms. The fourth-order valence-electron chi connectivity index (χ4n) is 3.16. The first-order chi connectivity index (χ1) is 10.3. The summed E-state index contributed by atoms with van der Waals surface area (Å²) >= 11 is 3.51. The fraction of sp³-hybridized carbons (Fsp3) is 0.389. The molecule has 3 rings (SSSR count). The number of hydrogen-bond donors (Lipinski definition) is 1. The highest BCUT2D eigenvalue weighted by atomic mass is 79.9. The van der Waals surface area contributed by atoms with E-state index in [0.717, 1.165) is 17.3 Å². The standard InChI is InChI=1S/C18H21BrN2/c1-2-16(13-8-10-15(19)11-9-13)21-17-7-3-5-14-6-4-12-20-18(14)17/h4,6,8-12,16-17,21H,2-3,5,7H2,1H3. The molecular formula is C18H21BrN2. The third kappa shape index (κ3) is 3.35. The van der Waals surface area contributed by atoms with Crippen molar-refractivity contribution < 1.29 is 0 Å². The monoisotopic (exact) mass is 344 g/mol. The third-order valence-electron chi connectivity index (χ3n) is 4.28. The van der Waals surface area contributed by atoms with Gasteiger partial charge >= 0.3 is 0 Å². The molecule has 0 aliphatic heterocycles. The van der Waals surface area contributed by atoms with Crippen LogP contribution in [0.1, 0.15) is 55.1 Å². The topological polar surface area (TPSA) is 24.9 Å². The van der Waals surface area contributed by atoms with Crippen LogP contribution in [0.2, 0.25) is 0 Å². The predicted octanol–water partition coefficient (Wildman–Crippen LogP) is 4.96. The molecule has 1 heterocycles. The molecule has 1 aromatic carbocycles. The average Bonchev–Trinajstić information content (AvgIpc) is 2.54. The smallest absolute Gasteiger partial charge is 0.0605 e. The normalized spacial score (nSPS) is 19.0. The van der Waals surface area contributed by atoms with Crippen molar-refractivity contribution in [3.05, 3.63) is 63.9 Å². The Kier molecular flexibility index (Phi) is 4.71. The summed E-state index contributed by atoms with van der Waals surface area (Å²) < 4.78 is 1.13. The first-order valence-electron chi connectivity index (χ1n) is 7.73. The van der Waals surface area contributed by atoms with E-state index in [2.05, 4.69) is 63.5 Å². The Labute approximate surface area is 135 Å². The first kappa shape index (κ1) is 14.7. The molecule has 1 N–H and O–H groups in total. The van der Waals surface area contributed by atoms with Crippen LogP contribution >= 0.6 is 15.9 Å². The number of nitrogens with one attached hydrogen (secondary N) is 1. The Balaban J connectivity index is 1.80. The van der Waals surface area contributed by atoms with E-state index in [9.17, 15) is 0 Å². The maximum atomic E-state index is 4.63. The molecule has 0 saturated heterocycles. The lowest BCUT2D eigenvalue weighted by Gasteiger charge is -2.29. The van der Waals surface area contributed by atoms with E-state index < -0.39 is 0 Å². The van der Waals surface area contributed by atoms with Crippen molar-refractivity contribution in [3.8, 4) is 0 Å². The van der Waals surface area contributed by atoms with E-state index in [-0.39, 0.29) is 0 Å². The molecule has 1 aliphatic rings. The molecule has 0 saturated carbocycles. The summed E-state index contributed by atoms with van der Waals surface area (Å²) in [4.78, 5) is 4.63. The number of hydrogen-bond acceptors (Lipinski definition) is 2. The predicted molar refractivity (Wildman–Crippen MR) is 90.2 cm³/mol. The minimum absolute atomic E-state index is 0.378. The third-order valence-corrected chi connectivity index (χ3v) is 4.81. The van der Waals surface area contributed by atoms with Crippen LogP contribution in [0.4, 0.5) is 0 Å². The van der Waals surface area contributed by atoms with Gasteiger partial charge in [-0.1, -0.05) is 41.1 Å². The van der Waals surface area contributed by atoms with Crippen molar-refractivity contribution in [1.29, 1.82) is 0 Å². The van der Waals surface area contributed by atoms with Crippen LogP contribution in [0.5, 0.6) is 0 Å². The lowest BCUT2D eigenvalue weighted by molar-refractivity contribution is 0.385. The number of nitrogens with zero attached hydrogens (tertiary/aromatic N) is 1. The van der Waals surface area contributed by atoms with Crippen LogP contribution in [-0.2, 0) is 6.42 Å². The number of aromatic nitrogens is 1. The summed E-state index contributed by atoms with van der Waals surface area (Å²) in [6.45, 7) is 2.24. The van der Waals surface area contributed by atoms with Gasteiger partial charge in [-0.2, -0.15) is 0 Å². The Hall–Kier alpha value is -1.19. The largest absolute Gasteiger partial charge is 0.302 e. The van der Waals surface area contributed by atoms with Gasteiger partial charge in [-0.3, -0.25) is 4.98 Å². The van der Waals surface area contributed by atoms with E-state index in [4.69, 9.17) is 0 Å². The van der Waals surface area contributed by atoms with E-state index in [0.29, 0.717) is 12.1 Å². The maximum Gasteiger partial charge on any atom is 0.0605 e. The van der Waals surface area contributed by atoms with Gasteiger partial charge in [0.2, 0.25) is 0 Å². The van der Waals surface area contributed by atoms with E-state index in [1.807, 2.05) is 12.3 Å². The van der Waals surface area contributed by atoms with Gasteiger partial charge in [0.1, 0.15) is 0 Å². The lowest BCUT2D eigenvalue weighted by Crippen LogP contribution is -2.29. The summed E-state index contributed by atoms with van der Waals surface area (Å²) in [6.07, 6.45) is 6.58. The van der Waals surface area contributed by atoms with Gasteiger partial charge in [0.25, 0.3) is 0 Å². The van der Waals surface area contributed by atoms with Gasteiger partial charge in [0.15, 0.2) is 0 Å². The number of aryl methyl sites for hydroxylation is 1. The van der Waals surface area contributed by atoms with Crippen molar-refractivity contribution in [2.45, 2.75) is 44.7 Å². The Morgan fingerprint density at radius 3 is 2.86 bits per heavy atom. The maximum absolute atomic E-state index is 4.63. The Morgan fingerprint density at radius 1 is 1.29 bits per heavy atom. The van der Waals surface area contributed by atoms with Crippen LogP contribution in [-0.4, -0.2) is 4.98 Å². The minimum Gasteiger partial charge on any atom is -0.302 e. The quantitative estimate of drug-likeness (QED) is 0.847. The van der Waals surface area contributed by atoms with Gasteiger partial charge in [0.05, 0.1) is 11.7 Å². The van der Waals surface area contributed by atoms with Crippen molar-refractivity contribution in [1.82, 2.24) is 10.3 Å². The second-order valence-electron chi connectivity index (χ2n) is 5.67. The molecule has 21 heavy (non-hydrogen) atoms. The highest BCUT2D eigenvalue weighted by molar-refractivity contribution is 9.10. The van der Waals surface area contributed by atoms with Crippen LogP contribution in [0.25, 0.3) is 0 Å². The molecule has 1 aromatic heterocycles. The molecule has 2 aromatic rings. The Bertz CT molecular complexity index is 594. The zero-order valence-electron chi connectivity index (χ0n) is 12.3. The summed E-state index contributed by atoms with van der Waals surface area (Å²) in [5.74, 6) is 0. The van der Waals surface area contributed by atoms with Gasteiger partial charge in [-0.05, 0) is 55.0 Å². The number of fused-ring (bicyclic) bond motifs is 1. The molecule has 0 fully saturated rings. The molecule has 3 heteroatoms. The van der Waals surface area contributed by atoms with Crippen LogP contribution in [0.3, 0.4) is 0 Å². The first-order valence-corrected chi connectivity index (χ1v) is 8.52. The van der Waals surface area contributed by atoms with Crippen molar-refractivity contribution in [2.75, 3.05) is 0 Å². The van der Waals surface area contributed by atoms with Crippen molar-refractivity contribution in [3.63, 3.8) is 0 Å². The molecule has 110 valence electrons. The molecule has 2 atom stereocenters. The Morgan fingerprint density at radius 2 is 2.10 bits per heavy atom. The fourth-order valence-corrected chi connectivity index (χ4v) is 3.42. The summed E-state index contributed by atoms with van der Waals surface area (Å²) in [7, 11) is 0. The zero-order valence-corrected chi connectivity index (χ0v) is 13.9. The molecule has 0 bridgehead atoms. The van der Waals surface area contributed by atoms with Gasteiger partial charge in [0, 0.05) is 16.7 Å². The van der Waals surface area contributed by atoms with Gasteiger partial charge < -0.3 is 5.32 Å². The molecule has 1 aliphatic carbocycles. The molecule has 0 radical (unpaired) electrons. The van der Waals surface area contributed by atoms with E-state index in [1.54, 1.807) is 0 Å². The minimum atomic E-state index is 0.378. The number of pyridine rings is 1. The van der Waals surface area contributed by atoms with Crippen LogP contribution in [0, 0.1) is 0 Å². The summed E-state index contributed by atoms with van der Waals surface area (Å²) in [6, 6.07) is 13.7. The summed E-state index contributed by atoms with van der Waals surface area (Å²) in [5, 5.41) is 3.82. The lowest BCUT2D eigenvalue weighted by atomic mass is 9.90. The van der Waals surface area contributed by atoms with Gasteiger partial charge in [-0.25, -0.2) is 0 Å². The molecule has 0 amide bonds. The molecular weight excluding hydrogens is 324 g/mol. The van der Waals surface area contributed by atoms with E-state index >= 15 is 0 Å². The molecule has 2 nitrogen and oxygen atoms in total. The van der Waals surface area contributed by atoms with Crippen molar-refractivity contribution in [2.24, 2.45) is 0 Å². The second kappa shape index (κ2) is 6.71. The SMILES string of the molecule is CCC(NC1CCCc2cccnc21)c1ccc(Br)cc1. The average molecular weight is 345 g/mol. The van der Waals surface area contributed by atoms with Gasteiger partial charge in [-0.15, -0.1) is 0 Å². The number of benzene rings is 1.